The SMILES string of the molecule is COC(CS(=O)(=O)Nc1cccc(C(F)F)c1Cl)C1CC1. The van der Waals surface area contributed by atoms with E-state index < -0.39 is 22.0 Å². The zero-order chi connectivity index (χ0) is 15.6. The van der Waals surface area contributed by atoms with Gasteiger partial charge >= 0.3 is 0 Å². The third-order valence-electron chi connectivity index (χ3n) is 3.36. The molecule has 0 aliphatic heterocycles. The summed E-state index contributed by atoms with van der Waals surface area (Å²) in [5.74, 6) is 0.0260. The van der Waals surface area contributed by atoms with E-state index in [4.69, 9.17) is 16.3 Å². The Morgan fingerprint density at radius 2 is 2.10 bits per heavy atom. The minimum absolute atomic E-state index is 0.0416. The predicted octanol–water partition coefficient (Wildman–Crippen LogP) is 3.44. The summed E-state index contributed by atoms with van der Waals surface area (Å²) in [5, 5.41) is -0.281. The molecular weight excluding hydrogens is 324 g/mol. The molecule has 0 spiro atoms. The second kappa shape index (κ2) is 6.46. The van der Waals surface area contributed by atoms with E-state index in [-0.39, 0.29) is 28.5 Å². The van der Waals surface area contributed by atoms with Crippen molar-refractivity contribution in [3.63, 3.8) is 0 Å². The largest absolute Gasteiger partial charge is 0.380 e. The third-order valence-corrected chi connectivity index (χ3v) is 5.08. The number of anilines is 1. The van der Waals surface area contributed by atoms with Crippen molar-refractivity contribution in [3.8, 4) is 0 Å². The molecule has 2 rings (SSSR count). The minimum Gasteiger partial charge on any atom is -0.380 e. The van der Waals surface area contributed by atoms with Crippen LogP contribution in [-0.2, 0) is 14.8 Å². The molecule has 1 aromatic carbocycles. The molecule has 1 saturated carbocycles. The maximum Gasteiger partial charge on any atom is 0.265 e. The maximum absolute atomic E-state index is 12.7. The Bertz CT molecular complexity index is 605. The average Bonchev–Trinajstić information content (AvgIpc) is 3.22. The highest BCUT2D eigenvalue weighted by Gasteiger charge is 2.34. The van der Waals surface area contributed by atoms with E-state index in [0.717, 1.165) is 18.9 Å². The number of hydrogen-bond acceptors (Lipinski definition) is 3. The van der Waals surface area contributed by atoms with Crippen LogP contribution in [0.5, 0.6) is 0 Å². The van der Waals surface area contributed by atoms with Crippen molar-refractivity contribution >= 4 is 27.3 Å². The molecule has 0 aromatic heterocycles. The van der Waals surface area contributed by atoms with Gasteiger partial charge in [0.2, 0.25) is 10.0 Å². The Labute approximate surface area is 127 Å². The number of ether oxygens (including phenoxy) is 1. The maximum atomic E-state index is 12.7. The molecule has 0 saturated heterocycles. The first kappa shape index (κ1) is 16.5. The first-order chi connectivity index (χ1) is 9.84. The van der Waals surface area contributed by atoms with Crippen LogP contribution in [0, 0.1) is 5.92 Å². The molecule has 1 fully saturated rings. The molecule has 1 aliphatic carbocycles. The molecule has 8 heteroatoms. The monoisotopic (exact) mass is 339 g/mol. The molecule has 1 unspecified atom stereocenters. The van der Waals surface area contributed by atoms with Crippen LogP contribution in [0.15, 0.2) is 18.2 Å². The zero-order valence-electron chi connectivity index (χ0n) is 11.4. The van der Waals surface area contributed by atoms with E-state index in [1.165, 1.54) is 19.2 Å². The van der Waals surface area contributed by atoms with Crippen LogP contribution in [0.2, 0.25) is 5.02 Å². The van der Waals surface area contributed by atoms with Gasteiger partial charge in [-0.25, -0.2) is 17.2 Å². The number of sulfonamides is 1. The van der Waals surface area contributed by atoms with Crippen molar-refractivity contribution in [2.45, 2.75) is 25.4 Å². The first-order valence-corrected chi connectivity index (χ1v) is 8.47. The smallest absolute Gasteiger partial charge is 0.265 e. The van der Waals surface area contributed by atoms with E-state index in [1.807, 2.05) is 0 Å². The fraction of sp³-hybridized carbons (Fsp3) is 0.538. The second-order valence-electron chi connectivity index (χ2n) is 5.00. The normalized spacial score (nSPS) is 17.0. The molecule has 1 aromatic rings. The van der Waals surface area contributed by atoms with Gasteiger partial charge in [-0.05, 0) is 24.8 Å². The fourth-order valence-electron chi connectivity index (χ4n) is 2.09. The number of alkyl halides is 2. The fourth-order valence-corrected chi connectivity index (χ4v) is 3.83. The number of halogens is 3. The predicted molar refractivity (Wildman–Crippen MR) is 77.3 cm³/mol. The highest BCUT2D eigenvalue weighted by molar-refractivity contribution is 7.92. The summed E-state index contributed by atoms with van der Waals surface area (Å²) in [5.41, 5.74) is -0.442. The standard InChI is InChI=1S/C13H16ClF2NO3S/c1-20-11(8-5-6-8)7-21(18,19)17-10-4-2-3-9(12(10)14)13(15)16/h2-4,8,11,13,17H,5-7H2,1H3. The van der Waals surface area contributed by atoms with Crippen LogP contribution in [0.1, 0.15) is 24.8 Å². The highest BCUT2D eigenvalue weighted by Crippen LogP contribution is 2.36. The quantitative estimate of drug-likeness (QED) is 0.827. The molecule has 0 heterocycles. The summed E-state index contributed by atoms with van der Waals surface area (Å²) in [7, 11) is -2.26. The van der Waals surface area contributed by atoms with E-state index in [1.54, 1.807) is 0 Å². The van der Waals surface area contributed by atoms with Crippen molar-refractivity contribution in [2.24, 2.45) is 5.92 Å². The summed E-state index contributed by atoms with van der Waals surface area (Å²) in [6.07, 6.45) is -1.27. The molecule has 4 nitrogen and oxygen atoms in total. The molecule has 1 N–H and O–H groups in total. The molecule has 0 bridgehead atoms. The summed E-state index contributed by atoms with van der Waals surface area (Å²) in [6.45, 7) is 0. The van der Waals surface area contributed by atoms with Crippen molar-refractivity contribution < 1.29 is 21.9 Å². The van der Waals surface area contributed by atoms with Crippen LogP contribution in [0.4, 0.5) is 14.5 Å². The Kier molecular flexibility index (Phi) is 5.06. The molecule has 0 amide bonds. The molecule has 1 atom stereocenters. The van der Waals surface area contributed by atoms with Crippen LogP contribution >= 0.6 is 11.6 Å². The lowest BCUT2D eigenvalue weighted by atomic mass is 10.2. The van der Waals surface area contributed by atoms with Crippen LogP contribution in [0.3, 0.4) is 0 Å². The van der Waals surface area contributed by atoms with Gasteiger partial charge in [-0.1, -0.05) is 23.7 Å². The lowest BCUT2D eigenvalue weighted by Gasteiger charge is -2.17. The van der Waals surface area contributed by atoms with Crippen LogP contribution in [-0.4, -0.2) is 27.4 Å². The average molecular weight is 340 g/mol. The van der Waals surface area contributed by atoms with Gasteiger partial charge in [0.15, 0.2) is 0 Å². The summed E-state index contributed by atoms with van der Waals surface area (Å²) < 4.78 is 57.1. The van der Waals surface area contributed by atoms with Crippen molar-refractivity contribution in [3.05, 3.63) is 28.8 Å². The van der Waals surface area contributed by atoms with Gasteiger partial charge in [0.05, 0.1) is 22.6 Å². The number of nitrogens with one attached hydrogen (secondary N) is 1. The first-order valence-electron chi connectivity index (χ1n) is 6.44. The van der Waals surface area contributed by atoms with Gasteiger partial charge in [-0.2, -0.15) is 0 Å². The van der Waals surface area contributed by atoms with Gasteiger partial charge in [0.25, 0.3) is 6.43 Å². The lowest BCUT2D eigenvalue weighted by molar-refractivity contribution is 0.103. The van der Waals surface area contributed by atoms with Gasteiger partial charge < -0.3 is 4.74 Å². The number of rotatable bonds is 7. The van der Waals surface area contributed by atoms with E-state index >= 15 is 0 Å². The van der Waals surface area contributed by atoms with Gasteiger partial charge in [-0.3, -0.25) is 4.72 Å². The number of benzene rings is 1. The Morgan fingerprint density at radius 1 is 1.43 bits per heavy atom. The minimum atomic E-state index is -3.72. The lowest BCUT2D eigenvalue weighted by Crippen LogP contribution is -2.29. The van der Waals surface area contributed by atoms with Gasteiger partial charge in [0.1, 0.15) is 0 Å². The van der Waals surface area contributed by atoms with Gasteiger partial charge in [0, 0.05) is 12.7 Å². The Hall–Kier alpha value is -0.920. The van der Waals surface area contributed by atoms with Crippen molar-refractivity contribution in [1.29, 1.82) is 0 Å². The van der Waals surface area contributed by atoms with E-state index in [2.05, 4.69) is 4.72 Å². The molecule has 118 valence electrons. The van der Waals surface area contributed by atoms with Crippen LogP contribution in [0.25, 0.3) is 0 Å². The van der Waals surface area contributed by atoms with Gasteiger partial charge in [-0.15, -0.1) is 0 Å². The zero-order valence-corrected chi connectivity index (χ0v) is 12.9. The second-order valence-corrected chi connectivity index (χ2v) is 7.15. The summed E-state index contributed by atoms with van der Waals surface area (Å²) >= 11 is 5.82. The molecule has 0 radical (unpaired) electrons. The highest BCUT2D eigenvalue weighted by atomic mass is 35.5. The third kappa shape index (κ3) is 4.28. The summed E-state index contributed by atoms with van der Waals surface area (Å²) in [6, 6.07) is 3.84. The topological polar surface area (TPSA) is 55.4 Å². The summed E-state index contributed by atoms with van der Waals surface area (Å²) in [4.78, 5) is 0. The molecule has 1 aliphatic rings. The van der Waals surface area contributed by atoms with E-state index in [0.29, 0.717) is 0 Å². The molecule has 21 heavy (non-hydrogen) atoms. The number of hydrogen-bond donors (Lipinski definition) is 1. The molecular formula is C13H16ClF2NO3S. The Morgan fingerprint density at radius 3 is 2.62 bits per heavy atom. The van der Waals surface area contributed by atoms with Crippen molar-refractivity contribution in [1.82, 2.24) is 0 Å². The van der Waals surface area contributed by atoms with Crippen LogP contribution < -0.4 is 4.72 Å². The van der Waals surface area contributed by atoms with Crippen molar-refractivity contribution in [2.75, 3.05) is 17.6 Å². The Balaban J connectivity index is 2.14. The van der Waals surface area contributed by atoms with E-state index in [9.17, 15) is 17.2 Å². The number of methoxy groups -OCH3 is 1.